The monoisotopic (exact) mass is 281 g/mol. The number of amides is 1. The first kappa shape index (κ1) is 15.8. The molecule has 116 valence electrons. The van der Waals surface area contributed by atoms with Gasteiger partial charge in [-0.2, -0.15) is 0 Å². The van der Waals surface area contributed by atoms with E-state index in [4.69, 9.17) is 5.73 Å². The molecule has 0 aromatic heterocycles. The Hall–Kier alpha value is -0.610. The Morgan fingerprint density at radius 1 is 1.05 bits per heavy atom. The number of hydrogen-bond donors (Lipinski definition) is 2. The van der Waals surface area contributed by atoms with Gasteiger partial charge in [-0.3, -0.25) is 4.79 Å². The molecule has 1 aliphatic carbocycles. The molecule has 1 amide bonds. The fourth-order valence-corrected chi connectivity index (χ4v) is 3.44. The zero-order chi connectivity index (χ0) is 14.2. The maximum absolute atomic E-state index is 11.9. The second-order valence-electron chi connectivity index (χ2n) is 6.59. The Bertz CT molecular complexity index is 279. The summed E-state index contributed by atoms with van der Waals surface area (Å²) in [6, 6.07) is 0.373. The van der Waals surface area contributed by atoms with Gasteiger partial charge < -0.3 is 16.0 Å². The van der Waals surface area contributed by atoms with Crippen LogP contribution in [0.25, 0.3) is 0 Å². The molecule has 4 nitrogen and oxygen atoms in total. The van der Waals surface area contributed by atoms with Crippen molar-refractivity contribution in [1.82, 2.24) is 10.2 Å². The molecule has 4 heteroatoms. The highest BCUT2D eigenvalue weighted by atomic mass is 16.1. The second kappa shape index (κ2) is 8.63. The van der Waals surface area contributed by atoms with Gasteiger partial charge in [0, 0.05) is 25.6 Å². The number of nitrogens with one attached hydrogen (secondary N) is 1. The van der Waals surface area contributed by atoms with Gasteiger partial charge in [0.25, 0.3) is 0 Å². The molecule has 3 N–H and O–H groups in total. The van der Waals surface area contributed by atoms with Crippen LogP contribution in [0.4, 0.5) is 0 Å². The summed E-state index contributed by atoms with van der Waals surface area (Å²) in [7, 11) is 0. The highest BCUT2D eigenvalue weighted by molar-refractivity contribution is 5.76. The first-order valence-electron chi connectivity index (χ1n) is 8.48. The quantitative estimate of drug-likeness (QED) is 0.809. The van der Waals surface area contributed by atoms with E-state index in [0.29, 0.717) is 18.4 Å². The van der Waals surface area contributed by atoms with Crippen LogP contribution < -0.4 is 11.1 Å². The summed E-state index contributed by atoms with van der Waals surface area (Å²) in [6.45, 7) is 4.24. The van der Waals surface area contributed by atoms with Crippen LogP contribution in [0.5, 0.6) is 0 Å². The first-order chi connectivity index (χ1) is 9.74. The van der Waals surface area contributed by atoms with Crippen molar-refractivity contribution in [3.63, 3.8) is 0 Å². The van der Waals surface area contributed by atoms with Crippen LogP contribution in [0, 0.1) is 5.92 Å². The van der Waals surface area contributed by atoms with Crippen molar-refractivity contribution in [2.45, 2.75) is 63.8 Å². The fourth-order valence-electron chi connectivity index (χ4n) is 3.44. The molecule has 1 saturated heterocycles. The molecule has 0 radical (unpaired) electrons. The standard InChI is InChI=1S/C16H31N3O/c17-15-7-5-14(6-8-15)13-16(20)18-9-12-19-10-3-1-2-4-11-19/h14-15H,1-13,17H2,(H,18,20). The van der Waals surface area contributed by atoms with Gasteiger partial charge in [0.15, 0.2) is 0 Å². The third-order valence-electron chi connectivity index (χ3n) is 4.81. The molecule has 0 bridgehead atoms. The third-order valence-corrected chi connectivity index (χ3v) is 4.81. The van der Waals surface area contributed by atoms with E-state index in [1.807, 2.05) is 0 Å². The number of hydrogen-bond acceptors (Lipinski definition) is 3. The largest absolute Gasteiger partial charge is 0.355 e. The van der Waals surface area contributed by atoms with Crippen LogP contribution in [0.15, 0.2) is 0 Å². The third kappa shape index (κ3) is 5.80. The minimum Gasteiger partial charge on any atom is -0.355 e. The van der Waals surface area contributed by atoms with Crippen LogP contribution in [-0.4, -0.2) is 43.0 Å². The van der Waals surface area contributed by atoms with Crippen molar-refractivity contribution in [3.8, 4) is 0 Å². The number of carbonyl (C=O) groups excluding carboxylic acids is 1. The Balaban J connectivity index is 1.55. The van der Waals surface area contributed by atoms with Crippen molar-refractivity contribution in [2.24, 2.45) is 11.7 Å². The van der Waals surface area contributed by atoms with E-state index in [0.717, 1.165) is 38.8 Å². The predicted octanol–water partition coefficient (Wildman–Crippen LogP) is 1.89. The van der Waals surface area contributed by atoms with Crippen molar-refractivity contribution in [1.29, 1.82) is 0 Å². The molecule has 2 aliphatic rings. The summed E-state index contributed by atoms with van der Waals surface area (Å²) in [5.41, 5.74) is 5.90. The van der Waals surface area contributed by atoms with Crippen molar-refractivity contribution < 1.29 is 4.79 Å². The molecule has 0 unspecified atom stereocenters. The maximum Gasteiger partial charge on any atom is 0.220 e. The predicted molar refractivity (Wildman–Crippen MR) is 82.5 cm³/mol. The summed E-state index contributed by atoms with van der Waals surface area (Å²) in [4.78, 5) is 14.4. The molecule has 20 heavy (non-hydrogen) atoms. The summed E-state index contributed by atoms with van der Waals surface area (Å²) in [5.74, 6) is 0.799. The molecule has 2 rings (SSSR count). The number of rotatable bonds is 5. The summed E-state index contributed by atoms with van der Waals surface area (Å²) >= 11 is 0. The fraction of sp³-hybridized carbons (Fsp3) is 0.938. The lowest BCUT2D eigenvalue weighted by Crippen LogP contribution is -2.36. The summed E-state index contributed by atoms with van der Waals surface area (Å²) < 4.78 is 0. The molecule has 1 saturated carbocycles. The van der Waals surface area contributed by atoms with E-state index in [9.17, 15) is 4.79 Å². The van der Waals surface area contributed by atoms with Gasteiger partial charge in [-0.25, -0.2) is 0 Å². The number of carbonyl (C=O) groups is 1. The van der Waals surface area contributed by atoms with Gasteiger partial charge in [-0.1, -0.05) is 12.8 Å². The maximum atomic E-state index is 11.9. The molecule has 0 atom stereocenters. The topological polar surface area (TPSA) is 58.4 Å². The number of nitrogens with zero attached hydrogens (tertiary/aromatic N) is 1. The highest BCUT2D eigenvalue weighted by Crippen LogP contribution is 2.25. The minimum absolute atomic E-state index is 0.236. The van der Waals surface area contributed by atoms with E-state index in [1.165, 1.54) is 38.8 Å². The smallest absolute Gasteiger partial charge is 0.220 e. The molecule has 2 fully saturated rings. The molecular weight excluding hydrogens is 250 g/mol. The van der Waals surface area contributed by atoms with Crippen LogP contribution in [0.2, 0.25) is 0 Å². The Kier molecular flexibility index (Phi) is 6.80. The van der Waals surface area contributed by atoms with E-state index in [2.05, 4.69) is 10.2 Å². The Labute approximate surface area is 123 Å². The van der Waals surface area contributed by atoms with Gasteiger partial charge in [0.1, 0.15) is 0 Å². The summed E-state index contributed by atoms with van der Waals surface area (Å²) in [5, 5.41) is 3.10. The van der Waals surface area contributed by atoms with Gasteiger partial charge in [-0.15, -0.1) is 0 Å². The zero-order valence-corrected chi connectivity index (χ0v) is 12.8. The molecule has 0 spiro atoms. The van der Waals surface area contributed by atoms with Crippen molar-refractivity contribution >= 4 is 5.91 Å². The van der Waals surface area contributed by atoms with Crippen LogP contribution in [0.3, 0.4) is 0 Å². The van der Waals surface area contributed by atoms with Crippen LogP contribution >= 0.6 is 0 Å². The van der Waals surface area contributed by atoms with E-state index in [1.54, 1.807) is 0 Å². The number of nitrogens with two attached hydrogens (primary N) is 1. The molecule has 1 aliphatic heterocycles. The lowest BCUT2D eigenvalue weighted by atomic mass is 9.84. The average molecular weight is 281 g/mol. The Morgan fingerprint density at radius 2 is 1.70 bits per heavy atom. The first-order valence-corrected chi connectivity index (χ1v) is 8.48. The molecular formula is C16H31N3O. The second-order valence-corrected chi connectivity index (χ2v) is 6.59. The lowest BCUT2D eigenvalue weighted by molar-refractivity contribution is -0.122. The van der Waals surface area contributed by atoms with Crippen LogP contribution in [0.1, 0.15) is 57.8 Å². The van der Waals surface area contributed by atoms with Crippen molar-refractivity contribution in [2.75, 3.05) is 26.2 Å². The van der Waals surface area contributed by atoms with E-state index in [-0.39, 0.29) is 5.91 Å². The van der Waals surface area contributed by atoms with Gasteiger partial charge in [0.2, 0.25) is 5.91 Å². The molecule has 0 aromatic carbocycles. The normalized spacial score (nSPS) is 28.9. The van der Waals surface area contributed by atoms with Gasteiger partial charge in [0.05, 0.1) is 0 Å². The van der Waals surface area contributed by atoms with E-state index < -0.39 is 0 Å². The van der Waals surface area contributed by atoms with E-state index >= 15 is 0 Å². The highest BCUT2D eigenvalue weighted by Gasteiger charge is 2.20. The average Bonchev–Trinajstić information content (AvgIpc) is 2.70. The SMILES string of the molecule is NC1CCC(CC(=O)NCCN2CCCCCC2)CC1. The Morgan fingerprint density at radius 3 is 2.35 bits per heavy atom. The van der Waals surface area contributed by atoms with Crippen molar-refractivity contribution in [3.05, 3.63) is 0 Å². The van der Waals surface area contributed by atoms with Gasteiger partial charge >= 0.3 is 0 Å². The molecule has 0 aromatic rings. The molecule has 1 heterocycles. The minimum atomic E-state index is 0.236. The summed E-state index contributed by atoms with van der Waals surface area (Å²) in [6.07, 6.45) is 10.5. The van der Waals surface area contributed by atoms with Gasteiger partial charge in [-0.05, 0) is 57.5 Å². The zero-order valence-electron chi connectivity index (χ0n) is 12.8. The number of likely N-dealkylation sites (tertiary alicyclic amines) is 1. The van der Waals surface area contributed by atoms with Crippen LogP contribution in [-0.2, 0) is 4.79 Å². The lowest BCUT2D eigenvalue weighted by Gasteiger charge is -2.25.